The van der Waals surface area contributed by atoms with Crippen LogP contribution in [0.2, 0.25) is 0 Å². The summed E-state index contributed by atoms with van der Waals surface area (Å²) in [7, 11) is -3.41. The zero-order chi connectivity index (χ0) is 17.2. The van der Waals surface area contributed by atoms with Crippen LogP contribution in [0.4, 0.5) is 0 Å². The number of amides is 1. The quantitative estimate of drug-likeness (QED) is 0.756. The van der Waals surface area contributed by atoms with E-state index in [-0.39, 0.29) is 18.4 Å². The fourth-order valence-electron chi connectivity index (χ4n) is 2.97. The van der Waals surface area contributed by atoms with Gasteiger partial charge in [-0.2, -0.15) is 4.31 Å². The molecular formula is C16H25N3O3S2. The minimum absolute atomic E-state index is 0.0346. The molecule has 1 unspecified atom stereocenters. The van der Waals surface area contributed by atoms with Gasteiger partial charge >= 0.3 is 0 Å². The third-order valence-electron chi connectivity index (χ3n) is 4.64. The molecule has 2 fully saturated rings. The predicted molar refractivity (Wildman–Crippen MR) is 94.3 cm³/mol. The van der Waals surface area contributed by atoms with Gasteiger partial charge in [-0.05, 0) is 43.7 Å². The molecule has 24 heavy (non-hydrogen) atoms. The molecule has 134 valence electrons. The van der Waals surface area contributed by atoms with Crippen molar-refractivity contribution in [2.24, 2.45) is 11.7 Å². The van der Waals surface area contributed by atoms with Crippen LogP contribution >= 0.6 is 11.3 Å². The van der Waals surface area contributed by atoms with E-state index < -0.39 is 10.0 Å². The summed E-state index contributed by atoms with van der Waals surface area (Å²) in [6.45, 7) is 1.68. The molecule has 0 bridgehead atoms. The number of hydrogen-bond acceptors (Lipinski definition) is 5. The first-order valence-corrected chi connectivity index (χ1v) is 10.8. The van der Waals surface area contributed by atoms with Gasteiger partial charge in [-0.25, -0.2) is 8.42 Å². The molecule has 1 aromatic rings. The fourth-order valence-corrected chi connectivity index (χ4v) is 5.99. The van der Waals surface area contributed by atoms with Crippen LogP contribution in [0, 0.1) is 5.92 Å². The SMILES string of the molecule is NC(CNC(=O)Cc1ccc(S(=O)(=O)N2CCCCC2)s1)C1CC1. The summed E-state index contributed by atoms with van der Waals surface area (Å²) in [5.74, 6) is 0.447. The highest BCUT2D eigenvalue weighted by molar-refractivity contribution is 7.91. The first kappa shape index (κ1) is 17.8. The Morgan fingerprint density at radius 1 is 1.29 bits per heavy atom. The maximum atomic E-state index is 12.6. The number of carbonyl (C=O) groups is 1. The molecule has 6 nitrogen and oxygen atoms in total. The number of hydrogen-bond donors (Lipinski definition) is 2. The molecule has 0 radical (unpaired) electrons. The number of nitrogens with zero attached hydrogens (tertiary/aromatic N) is 1. The lowest BCUT2D eigenvalue weighted by molar-refractivity contribution is -0.120. The van der Waals surface area contributed by atoms with Crippen LogP contribution < -0.4 is 11.1 Å². The van der Waals surface area contributed by atoms with Crippen LogP contribution in [-0.2, 0) is 21.2 Å². The summed E-state index contributed by atoms with van der Waals surface area (Å²) in [6, 6.07) is 3.39. The summed E-state index contributed by atoms with van der Waals surface area (Å²) in [5, 5.41) is 2.85. The van der Waals surface area contributed by atoms with Gasteiger partial charge in [0.2, 0.25) is 5.91 Å². The highest BCUT2D eigenvalue weighted by atomic mass is 32.2. The molecule has 1 saturated heterocycles. The maximum absolute atomic E-state index is 12.6. The van der Waals surface area contributed by atoms with Crippen molar-refractivity contribution in [3.63, 3.8) is 0 Å². The molecule has 1 saturated carbocycles. The largest absolute Gasteiger partial charge is 0.354 e. The topological polar surface area (TPSA) is 92.5 Å². The number of nitrogens with two attached hydrogens (primary N) is 1. The molecule has 8 heteroatoms. The van der Waals surface area contributed by atoms with Crippen LogP contribution in [0.1, 0.15) is 37.0 Å². The summed E-state index contributed by atoms with van der Waals surface area (Å²) < 4.78 is 27.1. The molecule has 1 aromatic heterocycles. The Bertz CT molecular complexity index is 676. The van der Waals surface area contributed by atoms with Gasteiger partial charge in [0.05, 0.1) is 6.42 Å². The predicted octanol–water partition coefficient (Wildman–Crippen LogP) is 1.32. The van der Waals surface area contributed by atoms with Gasteiger partial charge < -0.3 is 11.1 Å². The molecular weight excluding hydrogens is 346 g/mol. The minimum atomic E-state index is -3.41. The molecule has 3 rings (SSSR count). The van der Waals surface area contributed by atoms with Crippen LogP contribution in [-0.4, -0.2) is 44.3 Å². The van der Waals surface area contributed by atoms with Crippen molar-refractivity contribution in [2.75, 3.05) is 19.6 Å². The van der Waals surface area contributed by atoms with Crippen LogP contribution in [0.15, 0.2) is 16.3 Å². The Hall–Kier alpha value is -0.960. The zero-order valence-electron chi connectivity index (χ0n) is 13.7. The van der Waals surface area contributed by atoms with Crippen molar-refractivity contribution in [1.29, 1.82) is 0 Å². The number of nitrogens with one attached hydrogen (secondary N) is 1. The Balaban J connectivity index is 1.55. The normalized spacial score (nSPS) is 20.7. The summed E-state index contributed by atoms with van der Waals surface area (Å²) in [4.78, 5) is 12.8. The second-order valence-corrected chi connectivity index (χ2v) is 10.0. The van der Waals surface area contributed by atoms with Gasteiger partial charge in [-0.1, -0.05) is 6.42 Å². The van der Waals surface area contributed by atoms with Crippen molar-refractivity contribution in [3.05, 3.63) is 17.0 Å². The highest BCUT2D eigenvalue weighted by Crippen LogP contribution is 2.31. The van der Waals surface area contributed by atoms with E-state index in [1.165, 1.54) is 11.3 Å². The van der Waals surface area contributed by atoms with E-state index in [0.29, 0.717) is 29.8 Å². The van der Waals surface area contributed by atoms with Crippen LogP contribution in [0.3, 0.4) is 0 Å². The van der Waals surface area contributed by atoms with E-state index in [1.807, 2.05) is 0 Å². The summed E-state index contributed by atoms with van der Waals surface area (Å²) in [5.41, 5.74) is 5.97. The smallest absolute Gasteiger partial charge is 0.252 e. The lowest BCUT2D eigenvalue weighted by Crippen LogP contribution is -2.39. The van der Waals surface area contributed by atoms with Crippen LogP contribution in [0.25, 0.3) is 0 Å². The number of sulfonamides is 1. The van der Waals surface area contributed by atoms with Gasteiger partial charge in [0.25, 0.3) is 10.0 Å². The van der Waals surface area contributed by atoms with Crippen LogP contribution in [0.5, 0.6) is 0 Å². The molecule has 2 heterocycles. The Labute approximate surface area is 147 Å². The molecule has 3 N–H and O–H groups in total. The van der Waals surface area contributed by atoms with Crippen molar-refractivity contribution in [3.8, 4) is 0 Å². The average molecular weight is 372 g/mol. The first-order chi connectivity index (χ1) is 11.5. The standard InChI is InChI=1S/C16H25N3O3S2/c17-14(12-4-5-12)11-18-15(20)10-13-6-7-16(23-13)24(21,22)19-8-2-1-3-9-19/h6-7,12,14H,1-5,8-11,17H2,(H,18,20). The minimum Gasteiger partial charge on any atom is -0.354 e. The fraction of sp³-hybridized carbons (Fsp3) is 0.688. The molecule has 0 aromatic carbocycles. The van der Waals surface area contributed by atoms with Gasteiger partial charge in [0, 0.05) is 30.6 Å². The highest BCUT2D eigenvalue weighted by Gasteiger charge is 2.29. The third-order valence-corrected chi connectivity index (χ3v) is 8.09. The van der Waals surface area contributed by atoms with E-state index in [2.05, 4.69) is 5.32 Å². The van der Waals surface area contributed by atoms with Gasteiger partial charge in [-0.3, -0.25) is 4.79 Å². The monoisotopic (exact) mass is 371 g/mol. The summed E-state index contributed by atoms with van der Waals surface area (Å²) >= 11 is 1.19. The molecule has 0 spiro atoms. The molecule has 1 amide bonds. The Morgan fingerprint density at radius 2 is 2.00 bits per heavy atom. The molecule has 1 atom stereocenters. The molecule has 1 aliphatic heterocycles. The van der Waals surface area contributed by atoms with E-state index in [1.54, 1.807) is 16.4 Å². The second-order valence-electron chi connectivity index (χ2n) is 6.67. The molecule has 1 aliphatic carbocycles. The van der Waals surface area contributed by atoms with Gasteiger partial charge in [0.1, 0.15) is 4.21 Å². The van der Waals surface area contributed by atoms with E-state index in [9.17, 15) is 13.2 Å². The third kappa shape index (κ3) is 4.36. The van der Waals surface area contributed by atoms with E-state index >= 15 is 0 Å². The first-order valence-electron chi connectivity index (χ1n) is 8.58. The Kier molecular flexibility index (Phi) is 5.59. The molecule has 2 aliphatic rings. The number of thiophene rings is 1. The lowest BCUT2D eigenvalue weighted by Gasteiger charge is -2.25. The Morgan fingerprint density at radius 3 is 2.67 bits per heavy atom. The van der Waals surface area contributed by atoms with Crippen molar-refractivity contribution in [2.45, 2.75) is 48.8 Å². The number of carbonyl (C=O) groups excluding carboxylic acids is 1. The number of piperidine rings is 1. The second kappa shape index (κ2) is 7.51. The van der Waals surface area contributed by atoms with Crippen molar-refractivity contribution >= 4 is 27.3 Å². The van der Waals surface area contributed by atoms with Gasteiger partial charge in [-0.15, -0.1) is 11.3 Å². The maximum Gasteiger partial charge on any atom is 0.252 e. The lowest BCUT2D eigenvalue weighted by atomic mass is 10.2. The van der Waals surface area contributed by atoms with Crippen molar-refractivity contribution in [1.82, 2.24) is 9.62 Å². The van der Waals surface area contributed by atoms with E-state index in [4.69, 9.17) is 5.73 Å². The van der Waals surface area contributed by atoms with E-state index in [0.717, 1.165) is 37.0 Å². The van der Waals surface area contributed by atoms with Crippen molar-refractivity contribution < 1.29 is 13.2 Å². The van der Waals surface area contributed by atoms with Gasteiger partial charge in [0.15, 0.2) is 0 Å². The average Bonchev–Trinajstić information content (AvgIpc) is 3.33. The zero-order valence-corrected chi connectivity index (χ0v) is 15.4. The summed E-state index contributed by atoms with van der Waals surface area (Å²) in [6.07, 6.45) is 5.43. The number of rotatable bonds is 7.